The number of aromatic nitrogens is 1. The topological polar surface area (TPSA) is 102 Å². The summed E-state index contributed by atoms with van der Waals surface area (Å²) < 4.78 is 16.5. The number of nitrogens with zero attached hydrogens (tertiary/aromatic N) is 3. The van der Waals surface area contributed by atoms with E-state index in [4.69, 9.17) is 14.2 Å². The Bertz CT molecular complexity index is 1240. The number of amides is 1. The minimum atomic E-state index is -0.615. The summed E-state index contributed by atoms with van der Waals surface area (Å²) >= 11 is 1.41. The third-order valence-electron chi connectivity index (χ3n) is 5.81. The molecular weight excluding hydrogens is 480 g/mol. The fourth-order valence-corrected chi connectivity index (χ4v) is 5.08. The van der Waals surface area contributed by atoms with Crippen LogP contribution in [0.3, 0.4) is 0 Å². The highest BCUT2D eigenvalue weighted by Crippen LogP contribution is 2.47. The van der Waals surface area contributed by atoms with Crippen LogP contribution in [-0.4, -0.2) is 47.8 Å². The van der Waals surface area contributed by atoms with Crippen LogP contribution < -0.4 is 14.8 Å². The molecule has 0 fully saturated rings. The molecule has 3 heterocycles. The number of aliphatic imine (C=N–C) groups is 1. The van der Waals surface area contributed by atoms with E-state index in [1.807, 2.05) is 28.5 Å². The number of rotatable bonds is 9. The van der Waals surface area contributed by atoms with Crippen molar-refractivity contribution in [2.75, 3.05) is 20.8 Å². The Morgan fingerprint density at radius 2 is 1.92 bits per heavy atom. The van der Waals surface area contributed by atoms with Crippen molar-refractivity contribution in [2.24, 2.45) is 4.99 Å². The maximum absolute atomic E-state index is 13.2. The number of hydrogen-bond donors (Lipinski definition) is 1. The summed E-state index contributed by atoms with van der Waals surface area (Å²) in [5.41, 5.74) is 3.32. The van der Waals surface area contributed by atoms with E-state index in [0.717, 1.165) is 11.3 Å². The molecule has 1 atom stereocenters. The van der Waals surface area contributed by atoms with E-state index in [0.29, 0.717) is 40.0 Å². The van der Waals surface area contributed by atoms with E-state index in [-0.39, 0.29) is 18.9 Å². The summed E-state index contributed by atoms with van der Waals surface area (Å²) in [5, 5.41) is 5.52. The van der Waals surface area contributed by atoms with Crippen LogP contribution in [-0.2, 0) is 20.9 Å². The first kappa shape index (κ1) is 25.3. The molecule has 1 amide bonds. The molecule has 1 aromatic heterocycles. The minimum Gasteiger partial charge on any atom is -0.497 e. The Hall–Kier alpha value is -3.79. The lowest BCUT2D eigenvalue weighted by atomic mass is 9.92. The highest BCUT2D eigenvalue weighted by atomic mass is 32.2. The number of methoxy groups -OCH3 is 2. The maximum atomic E-state index is 13.2. The molecule has 2 aromatic rings. The summed E-state index contributed by atoms with van der Waals surface area (Å²) in [6.45, 7) is 4.17. The van der Waals surface area contributed by atoms with Gasteiger partial charge in [0.2, 0.25) is 5.91 Å². The first-order valence-corrected chi connectivity index (χ1v) is 12.3. The van der Waals surface area contributed by atoms with Gasteiger partial charge in [-0.2, -0.15) is 0 Å². The second kappa shape index (κ2) is 11.3. The Morgan fingerprint density at radius 1 is 1.14 bits per heavy atom. The van der Waals surface area contributed by atoms with Crippen molar-refractivity contribution in [1.82, 2.24) is 15.2 Å². The van der Waals surface area contributed by atoms with Crippen LogP contribution in [0.4, 0.5) is 0 Å². The zero-order valence-electron chi connectivity index (χ0n) is 20.6. The largest absolute Gasteiger partial charge is 0.497 e. The predicted molar refractivity (Wildman–Crippen MR) is 137 cm³/mol. The summed E-state index contributed by atoms with van der Waals surface area (Å²) in [7, 11) is 3.16. The molecule has 0 aliphatic carbocycles. The third-order valence-corrected chi connectivity index (χ3v) is 6.70. The molecule has 0 radical (unpaired) electrons. The zero-order chi connectivity index (χ0) is 25.7. The fourth-order valence-electron chi connectivity index (χ4n) is 4.12. The average molecular weight is 509 g/mol. The standard InChI is InChI=1S/C26H28N4O5S/c1-5-35-25(32)23-16(2)29-26-30(24(23)20-13-19(33-3)6-7-21(20)34-4)18(15-36-26)12-22(31)28-14-17-8-10-27-11-9-17/h6-11,13,15,24H,5,12,14H2,1-4H3,(H,28,31)/t24-/m0/s1. The molecular formula is C26H28N4O5S. The lowest BCUT2D eigenvalue weighted by molar-refractivity contribution is -0.139. The van der Waals surface area contributed by atoms with Crippen molar-refractivity contribution in [3.05, 3.63) is 76.2 Å². The summed E-state index contributed by atoms with van der Waals surface area (Å²) in [5.74, 6) is 0.574. The van der Waals surface area contributed by atoms with Gasteiger partial charge in [-0.15, -0.1) is 0 Å². The van der Waals surface area contributed by atoms with Crippen LogP contribution >= 0.6 is 11.8 Å². The van der Waals surface area contributed by atoms with Gasteiger partial charge in [-0.1, -0.05) is 11.8 Å². The van der Waals surface area contributed by atoms with Crippen molar-refractivity contribution in [2.45, 2.75) is 32.9 Å². The van der Waals surface area contributed by atoms with Crippen LogP contribution in [0, 0.1) is 0 Å². The molecule has 0 spiro atoms. The van der Waals surface area contributed by atoms with Crippen molar-refractivity contribution in [3.63, 3.8) is 0 Å². The SMILES string of the molecule is CCOC(=O)C1=C(C)N=C2SC=C(CC(=O)NCc3ccncc3)N2[C@H]1c1cc(OC)ccc1OC. The molecule has 1 aromatic carbocycles. The van der Waals surface area contributed by atoms with Gasteiger partial charge in [0.05, 0.1) is 44.6 Å². The maximum Gasteiger partial charge on any atom is 0.338 e. The van der Waals surface area contributed by atoms with Crippen molar-refractivity contribution >= 4 is 28.8 Å². The van der Waals surface area contributed by atoms with Gasteiger partial charge in [0.1, 0.15) is 11.5 Å². The second-order valence-corrected chi connectivity index (χ2v) is 8.87. The zero-order valence-corrected chi connectivity index (χ0v) is 21.4. The Morgan fingerprint density at radius 3 is 2.61 bits per heavy atom. The summed E-state index contributed by atoms with van der Waals surface area (Å²) in [6.07, 6.45) is 3.48. The first-order chi connectivity index (χ1) is 17.5. The van der Waals surface area contributed by atoms with Crippen LogP contribution in [0.15, 0.2) is 70.1 Å². The molecule has 0 bridgehead atoms. The van der Waals surface area contributed by atoms with E-state index in [2.05, 4.69) is 15.3 Å². The summed E-state index contributed by atoms with van der Waals surface area (Å²) in [4.78, 5) is 36.7. The van der Waals surface area contributed by atoms with E-state index in [1.165, 1.54) is 11.8 Å². The van der Waals surface area contributed by atoms with Gasteiger partial charge in [-0.3, -0.25) is 9.78 Å². The molecule has 0 saturated carbocycles. The first-order valence-electron chi connectivity index (χ1n) is 11.5. The predicted octanol–water partition coefficient (Wildman–Crippen LogP) is 3.94. The van der Waals surface area contributed by atoms with Crippen molar-refractivity contribution in [3.8, 4) is 11.5 Å². The number of carbonyl (C=O) groups excluding carboxylic acids is 2. The van der Waals surface area contributed by atoms with Crippen LogP contribution in [0.1, 0.15) is 37.4 Å². The number of allylic oxidation sites excluding steroid dienone is 1. The Kier molecular flexibility index (Phi) is 7.94. The number of thioether (sulfide) groups is 1. The smallest absolute Gasteiger partial charge is 0.338 e. The van der Waals surface area contributed by atoms with Gasteiger partial charge in [0.15, 0.2) is 5.17 Å². The number of nitrogens with one attached hydrogen (secondary N) is 1. The average Bonchev–Trinajstić information content (AvgIpc) is 3.28. The van der Waals surface area contributed by atoms with Crippen molar-refractivity contribution < 1.29 is 23.8 Å². The lowest BCUT2D eigenvalue weighted by Gasteiger charge is -2.36. The van der Waals surface area contributed by atoms with Gasteiger partial charge in [-0.05, 0) is 55.2 Å². The second-order valence-electron chi connectivity index (χ2n) is 8.03. The number of pyridine rings is 1. The van der Waals surface area contributed by atoms with Gasteiger partial charge in [0.25, 0.3) is 0 Å². The fraction of sp³-hybridized carbons (Fsp3) is 0.308. The van der Waals surface area contributed by atoms with Gasteiger partial charge >= 0.3 is 5.97 Å². The van der Waals surface area contributed by atoms with E-state index in [1.54, 1.807) is 52.6 Å². The number of ether oxygens (including phenoxy) is 3. The van der Waals surface area contributed by atoms with Crippen molar-refractivity contribution in [1.29, 1.82) is 0 Å². The van der Waals surface area contributed by atoms with Gasteiger partial charge < -0.3 is 24.4 Å². The molecule has 9 nitrogen and oxygen atoms in total. The lowest BCUT2D eigenvalue weighted by Crippen LogP contribution is -2.38. The molecule has 36 heavy (non-hydrogen) atoms. The number of carbonyl (C=O) groups is 2. The molecule has 10 heteroatoms. The summed E-state index contributed by atoms with van der Waals surface area (Å²) in [6, 6.07) is 8.52. The molecule has 4 rings (SSSR count). The molecule has 0 unspecified atom stereocenters. The minimum absolute atomic E-state index is 0.106. The number of hydrogen-bond acceptors (Lipinski definition) is 9. The monoisotopic (exact) mass is 508 g/mol. The quantitative estimate of drug-likeness (QED) is 0.508. The van der Waals surface area contributed by atoms with Crippen LogP contribution in [0.2, 0.25) is 0 Å². The number of benzene rings is 1. The molecule has 188 valence electrons. The van der Waals surface area contributed by atoms with E-state index >= 15 is 0 Å². The molecule has 0 saturated heterocycles. The molecule has 2 aliphatic heterocycles. The van der Waals surface area contributed by atoms with Gasteiger partial charge in [0, 0.05) is 30.2 Å². The third kappa shape index (κ3) is 5.23. The normalized spacial score (nSPS) is 16.7. The highest BCUT2D eigenvalue weighted by molar-refractivity contribution is 8.16. The number of amidine groups is 1. The van der Waals surface area contributed by atoms with E-state index < -0.39 is 12.0 Å². The highest BCUT2D eigenvalue weighted by Gasteiger charge is 2.42. The Labute approximate surface area is 214 Å². The van der Waals surface area contributed by atoms with Crippen LogP contribution in [0.25, 0.3) is 0 Å². The van der Waals surface area contributed by atoms with Gasteiger partial charge in [-0.25, -0.2) is 9.79 Å². The van der Waals surface area contributed by atoms with E-state index in [9.17, 15) is 9.59 Å². The Balaban J connectivity index is 1.69. The molecule has 1 N–H and O–H groups in total. The number of fused-ring (bicyclic) bond motifs is 1. The number of esters is 1. The van der Waals surface area contributed by atoms with Crippen LogP contribution in [0.5, 0.6) is 11.5 Å². The molecule has 2 aliphatic rings.